The molecular formula is C7H11BN3. The lowest BCUT2D eigenvalue weighted by atomic mass is 9.70. The number of fused-ring (bicyclic) bond motifs is 1. The molecule has 0 fully saturated rings. The van der Waals surface area contributed by atoms with E-state index in [0.29, 0.717) is 0 Å². The summed E-state index contributed by atoms with van der Waals surface area (Å²) in [5.74, 6) is 0. The van der Waals surface area contributed by atoms with Gasteiger partial charge in [-0.25, -0.2) is 0 Å². The van der Waals surface area contributed by atoms with E-state index < -0.39 is 0 Å². The summed E-state index contributed by atoms with van der Waals surface area (Å²) < 4.78 is 1.89. The van der Waals surface area contributed by atoms with Crippen LogP contribution >= 0.6 is 0 Å². The highest BCUT2D eigenvalue weighted by atomic mass is 15.4. The van der Waals surface area contributed by atoms with Gasteiger partial charge in [-0.2, -0.15) is 0 Å². The van der Waals surface area contributed by atoms with Crippen molar-refractivity contribution in [3.63, 3.8) is 0 Å². The van der Waals surface area contributed by atoms with Crippen LogP contribution in [-0.4, -0.2) is 22.3 Å². The van der Waals surface area contributed by atoms with Gasteiger partial charge in [-0.3, -0.25) is 4.68 Å². The van der Waals surface area contributed by atoms with E-state index in [-0.39, 0.29) is 0 Å². The molecule has 11 heavy (non-hydrogen) atoms. The zero-order chi connectivity index (χ0) is 7.68. The predicted octanol–water partition coefficient (Wildman–Crippen LogP) is 0.384. The summed E-state index contributed by atoms with van der Waals surface area (Å²) in [7, 11) is 4.28. The Balaban J connectivity index is 2.35. The van der Waals surface area contributed by atoms with Gasteiger partial charge in [0, 0.05) is 7.05 Å². The Hall–Kier alpha value is -0.795. The molecule has 1 aromatic rings. The molecule has 0 saturated carbocycles. The third-order valence-corrected chi connectivity index (χ3v) is 2.18. The maximum atomic E-state index is 4.11. The Morgan fingerprint density at radius 3 is 3.36 bits per heavy atom. The molecule has 2 rings (SSSR count). The van der Waals surface area contributed by atoms with Crippen LogP contribution in [0.2, 0.25) is 6.32 Å². The van der Waals surface area contributed by atoms with Crippen LogP contribution in [0.3, 0.4) is 0 Å². The van der Waals surface area contributed by atoms with Crippen LogP contribution < -0.4 is 0 Å². The highest BCUT2D eigenvalue weighted by molar-refractivity contribution is 6.34. The van der Waals surface area contributed by atoms with Crippen LogP contribution in [0.15, 0.2) is 0 Å². The molecule has 1 radical (unpaired) electrons. The van der Waals surface area contributed by atoms with Gasteiger partial charge in [0.25, 0.3) is 0 Å². The van der Waals surface area contributed by atoms with E-state index in [1.54, 1.807) is 0 Å². The lowest BCUT2D eigenvalue weighted by Crippen LogP contribution is -2.02. The first-order valence-electron chi connectivity index (χ1n) is 4.07. The number of hydrogen-bond donors (Lipinski definition) is 0. The molecule has 0 amide bonds. The van der Waals surface area contributed by atoms with Crippen molar-refractivity contribution in [1.82, 2.24) is 15.0 Å². The molecule has 1 aliphatic rings. The van der Waals surface area contributed by atoms with Crippen LogP contribution in [0.5, 0.6) is 0 Å². The maximum absolute atomic E-state index is 4.11. The molecule has 0 unspecified atom stereocenters. The van der Waals surface area contributed by atoms with Gasteiger partial charge < -0.3 is 0 Å². The van der Waals surface area contributed by atoms with E-state index in [1.807, 2.05) is 11.7 Å². The minimum absolute atomic E-state index is 1.04. The minimum Gasteiger partial charge on any atom is -0.253 e. The molecule has 57 valence electrons. The fourth-order valence-electron chi connectivity index (χ4n) is 1.52. The summed E-state index contributed by atoms with van der Waals surface area (Å²) in [6.45, 7) is 0. The summed E-state index contributed by atoms with van der Waals surface area (Å²) >= 11 is 0. The van der Waals surface area contributed by atoms with Gasteiger partial charge >= 0.3 is 0 Å². The normalized spacial score (nSPS) is 16.8. The molecular weight excluding hydrogens is 137 g/mol. The minimum atomic E-state index is 1.04. The lowest BCUT2D eigenvalue weighted by Gasteiger charge is -1.96. The van der Waals surface area contributed by atoms with Crippen molar-refractivity contribution in [1.29, 1.82) is 0 Å². The van der Waals surface area contributed by atoms with Crippen LogP contribution in [0.1, 0.15) is 17.8 Å². The number of hydrogen-bond acceptors (Lipinski definition) is 2. The third-order valence-electron chi connectivity index (χ3n) is 2.18. The number of aryl methyl sites for hydroxylation is 2. The predicted molar refractivity (Wildman–Crippen MR) is 43.6 cm³/mol. The van der Waals surface area contributed by atoms with E-state index in [4.69, 9.17) is 0 Å². The number of aromatic nitrogens is 3. The van der Waals surface area contributed by atoms with Gasteiger partial charge in [0.1, 0.15) is 7.28 Å². The Morgan fingerprint density at radius 2 is 2.45 bits per heavy atom. The average Bonchev–Trinajstić information content (AvgIpc) is 2.25. The Labute approximate surface area is 67.0 Å². The summed E-state index contributed by atoms with van der Waals surface area (Å²) in [6.07, 6.45) is 4.58. The summed E-state index contributed by atoms with van der Waals surface area (Å²) in [6, 6.07) is 0. The van der Waals surface area contributed by atoms with E-state index in [2.05, 4.69) is 17.6 Å². The topological polar surface area (TPSA) is 30.7 Å². The second-order valence-corrected chi connectivity index (χ2v) is 2.99. The Bertz CT molecular complexity index is 256. The number of nitrogens with zero attached hydrogens (tertiary/aromatic N) is 3. The molecule has 0 N–H and O–H groups in total. The Kier molecular flexibility index (Phi) is 1.68. The highest BCUT2D eigenvalue weighted by Crippen LogP contribution is 2.13. The fourth-order valence-corrected chi connectivity index (χ4v) is 1.52. The molecule has 0 aliphatic carbocycles. The standard InChI is InChI=1S/C7H11BN3/c1-11-7-5-8-4-2-3-6(7)9-10-11/h2-5H2,1H3. The highest BCUT2D eigenvalue weighted by Gasteiger charge is 2.13. The van der Waals surface area contributed by atoms with Crippen LogP contribution in [0.4, 0.5) is 0 Å². The van der Waals surface area contributed by atoms with Crippen molar-refractivity contribution < 1.29 is 0 Å². The molecule has 0 atom stereocenters. The number of rotatable bonds is 0. The van der Waals surface area contributed by atoms with Gasteiger partial charge in [0.05, 0.1) is 11.4 Å². The molecule has 1 aromatic heterocycles. The van der Waals surface area contributed by atoms with Crippen molar-refractivity contribution in [2.45, 2.75) is 25.5 Å². The maximum Gasteiger partial charge on any atom is 0.117 e. The average molecular weight is 148 g/mol. The van der Waals surface area contributed by atoms with Crippen LogP contribution in [0.25, 0.3) is 0 Å². The first kappa shape index (κ1) is 6.89. The van der Waals surface area contributed by atoms with E-state index in [9.17, 15) is 0 Å². The molecule has 0 saturated heterocycles. The van der Waals surface area contributed by atoms with Crippen molar-refractivity contribution >= 4 is 7.28 Å². The van der Waals surface area contributed by atoms with Gasteiger partial charge in [-0.1, -0.05) is 18.0 Å². The molecule has 4 heteroatoms. The quantitative estimate of drug-likeness (QED) is 0.498. The van der Waals surface area contributed by atoms with Crippen LogP contribution in [-0.2, 0) is 19.8 Å². The van der Waals surface area contributed by atoms with Crippen molar-refractivity contribution in [2.24, 2.45) is 7.05 Å². The zero-order valence-electron chi connectivity index (χ0n) is 6.75. The third kappa shape index (κ3) is 1.17. The molecule has 2 heterocycles. The smallest absolute Gasteiger partial charge is 0.117 e. The van der Waals surface area contributed by atoms with E-state index >= 15 is 0 Å². The first-order chi connectivity index (χ1) is 5.38. The fraction of sp³-hybridized carbons (Fsp3) is 0.714. The van der Waals surface area contributed by atoms with E-state index in [1.165, 1.54) is 24.1 Å². The van der Waals surface area contributed by atoms with Crippen molar-refractivity contribution in [2.75, 3.05) is 0 Å². The SMILES string of the molecule is Cn1nnc2c1C[B]CCC2. The summed E-state index contributed by atoms with van der Waals surface area (Å²) in [5, 5.41) is 8.10. The first-order valence-corrected chi connectivity index (χ1v) is 4.07. The summed E-state index contributed by atoms with van der Waals surface area (Å²) in [5.41, 5.74) is 2.49. The molecule has 1 aliphatic heterocycles. The van der Waals surface area contributed by atoms with Gasteiger partial charge in [-0.15, -0.1) is 5.10 Å². The lowest BCUT2D eigenvalue weighted by molar-refractivity contribution is 0.691. The zero-order valence-corrected chi connectivity index (χ0v) is 6.75. The van der Waals surface area contributed by atoms with Gasteiger partial charge in [0.15, 0.2) is 0 Å². The van der Waals surface area contributed by atoms with E-state index in [0.717, 1.165) is 12.7 Å². The second kappa shape index (κ2) is 2.68. The largest absolute Gasteiger partial charge is 0.253 e. The van der Waals surface area contributed by atoms with Crippen molar-refractivity contribution in [3.05, 3.63) is 11.4 Å². The molecule has 3 nitrogen and oxygen atoms in total. The molecule has 0 spiro atoms. The van der Waals surface area contributed by atoms with Gasteiger partial charge in [0.2, 0.25) is 0 Å². The van der Waals surface area contributed by atoms with Gasteiger partial charge in [-0.05, 0) is 12.7 Å². The molecule has 0 bridgehead atoms. The van der Waals surface area contributed by atoms with Crippen molar-refractivity contribution in [3.8, 4) is 0 Å². The molecule has 0 aromatic carbocycles. The monoisotopic (exact) mass is 148 g/mol. The van der Waals surface area contributed by atoms with Crippen LogP contribution in [0, 0.1) is 0 Å². The second-order valence-electron chi connectivity index (χ2n) is 2.99. The summed E-state index contributed by atoms with van der Waals surface area (Å²) in [4.78, 5) is 0. The Morgan fingerprint density at radius 1 is 1.55 bits per heavy atom.